The minimum atomic E-state index is 0.366. The molecule has 25 heavy (non-hydrogen) atoms. The minimum absolute atomic E-state index is 0.366. The molecule has 0 bridgehead atoms. The lowest BCUT2D eigenvalue weighted by Crippen LogP contribution is -1.93. The van der Waals surface area contributed by atoms with Gasteiger partial charge in [0.15, 0.2) is 0 Å². The third kappa shape index (κ3) is 2.96. The van der Waals surface area contributed by atoms with Crippen LogP contribution in [0.4, 0.5) is 0 Å². The fourth-order valence-electron chi connectivity index (χ4n) is 3.77. The van der Waals surface area contributed by atoms with Gasteiger partial charge in [-0.25, -0.2) is 0 Å². The van der Waals surface area contributed by atoms with Crippen LogP contribution in [-0.2, 0) is 0 Å². The first kappa shape index (κ1) is 15.7. The second-order valence-corrected chi connectivity index (χ2v) is 6.73. The highest BCUT2D eigenvalue weighted by atomic mass is 14.1. The second kappa shape index (κ2) is 6.57. The van der Waals surface area contributed by atoms with Crippen LogP contribution in [0.5, 0.6) is 0 Å². The van der Waals surface area contributed by atoms with E-state index in [9.17, 15) is 0 Å². The van der Waals surface area contributed by atoms with Crippen LogP contribution in [0.25, 0.3) is 27.1 Å². The predicted octanol–water partition coefficient (Wildman–Crippen LogP) is 7.20. The molecule has 0 saturated heterocycles. The third-order valence-corrected chi connectivity index (χ3v) is 5.03. The lowest BCUT2D eigenvalue weighted by atomic mass is 9.91. The van der Waals surface area contributed by atoms with Gasteiger partial charge in [0.25, 0.3) is 0 Å². The van der Waals surface area contributed by atoms with E-state index in [1.54, 1.807) is 0 Å². The molecular weight excluding hydrogens is 300 g/mol. The van der Waals surface area contributed by atoms with E-state index in [-0.39, 0.29) is 0 Å². The van der Waals surface area contributed by atoms with Gasteiger partial charge in [-0.05, 0) is 45.2 Å². The highest BCUT2D eigenvalue weighted by Crippen LogP contribution is 2.31. The summed E-state index contributed by atoms with van der Waals surface area (Å²) in [6.45, 7) is 4.51. The fraction of sp³-hybridized carbons (Fsp3) is 0.120. The van der Waals surface area contributed by atoms with Crippen LogP contribution in [0.1, 0.15) is 30.9 Å². The summed E-state index contributed by atoms with van der Waals surface area (Å²) in [7, 11) is 0. The Bertz CT molecular complexity index is 1060. The molecule has 0 heterocycles. The van der Waals surface area contributed by atoms with Crippen LogP contribution >= 0.6 is 0 Å². The van der Waals surface area contributed by atoms with Crippen LogP contribution in [0.2, 0.25) is 0 Å². The molecule has 1 atom stereocenters. The summed E-state index contributed by atoms with van der Waals surface area (Å²) in [5.41, 5.74) is 4.04. The zero-order chi connectivity index (χ0) is 17.2. The molecule has 0 radical (unpaired) electrons. The molecule has 0 nitrogen and oxygen atoms in total. The lowest BCUT2D eigenvalue weighted by molar-refractivity contribution is 0.981. The van der Waals surface area contributed by atoms with E-state index >= 15 is 0 Å². The van der Waals surface area contributed by atoms with E-state index in [0.29, 0.717) is 5.92 Å². The maximum Gasteiger partial charge on any atom is 0.000164 e. The molecule has 122 valence electrons. The van der Waals surface area contributed by atoms with Crippen LogP contribution < -0.4 is 0 Å². The quantitative estimate of drug-likeness (QED) is 0.374. The summed E-state index contributed by atoms with van der Waals surface area (Å²) < 4.78 is 0. The van der Waals surface area contributed by atoms with Gasteiger partial charge < -0.3 is 0 Å². The van der Waals surface area contributed by atoms with Crippen molar-refractivity contribution in [2.45, 2.75) is 19.8 Å². The van der Waals surface area contributed by atoms with Crippen molar-refractivity contribution in [2.75, 3.05) is 0 Å². The molecule has 0 saturated carbocycles. The first-order valence-corrected chi connectivity index (χ1v) is 8.88. The standard InChI is InChI=1S/C25H22/c1-18(22-15-7-11-20-9-3-5-13-24(20)22)17-19(2)23-16-8-12-21-10-4-6-14-25(21)23/h3-18H,1-2H3. The van der Waals surface area contributed by atoms with Crippen LogP contribution in [-0.4, -0.2) is 0 Å². The molecule has 0 heteroatoms. The molecule has 0 spiro atoms. The summed E-state index contributed by atoms with van der Waals surface area (Å²) in [5.74, 6) is 0.366. The summed E-state index contributed by atoms with van der Waals surface area (Å²) >= 11 is 0. The summed E-state index contributed by atoms with van der Waals surface area (Å²) in [6.07, 6.45) is 2.39. The molecule has 0 aromatic heterocycles. The van der Waals surface area contributed by atoms with Gasteiger partial charge in [-0.1, -0.05) is 97.9 Å². The van der Waals surface area contributed by atoms with Crippen molar-refractivity contribution in [1.29, 1.82) is 0 Å². The Hall–Kier alpha value is -2.86. The van der Waals surface area contributed by atoms with Crippen molar-refractivity contribution in [3.63, 3.8) is 0 Å². The predicted molar refractivity (Wildman–Crippen MR) is 110 cm³/mol. The number of hydrogen-bond donors (Lipinski definition) is 0. The number of allylic oxidation sites excluding steroid dienone is 2. The van der Waals surface area contributed by atoms with E-state index in [4.69, 9.17) is 0 Å². The fourth-order valence-corrected chi connectivity index (χ4v) is 3.77. The Kier molecular flexibility index (Phi) is 4.11. The summed E-state index contributed by atoms with van der Waals surface area (Å²) in [5, 5.41) is 5.27. The molecule has 0 N–H and O–H groups in total. The molecule has 1 unspecified atom stereocenters. The van der Waals surface area contributed by atoms with Crippen molar-refractivity contribution < 1.29 is 0 Å². The van der Waals surface area contributed by atoms with Gasteiger partial charge >= 0.3 is 0 Å². The van der Waals surface area contributed by atoms with E-state index < -0.39 is 0 Å². The SMILES string of the molecule is CC(=CC(C)c1cccc2ccccc12)c1cccc2ccccc12. The van der Waals surface area contributed by atoms with Crippen molar-refractivity contribution in [1.82, 2.24) is 0 Å². The third-order valence-electron chi connectivity index (χ3n) is 5.03. The Balaban J connectivity index is 1.79. The van der Waals surface area contributed by atoms with Gasteiger partial charge in [0.05, 0.1) is 0 Å². The van der Waals surface area contributed by atoms with Crippen molar-refractivity contribution in [2.24, 2.45) is 0 Å². The number of hydrogen-bond acceptors (Lipinski definition) is 0. The van der Waals surface area contributed by atoms with Gasteiger partial charge in [0.2, 0.25) is 0 Å². The van der Waals surface area contributed by atoms with Crippen molar-refractivity contribution in [3.8, 4) is 0 Å². The van der Waals surface area contributed by atoms with Crippen molar-refractivity contribution >= 4 is 27.1 Å². The molecule has 0 aliphatic carbocycles. The van der Waals surface area contributed by atoms with Gasteiger partial charge in [-0.2, -0.15) is 0 Å². The molecule has 4 aromatic carbocycles. The Labute approximate surface area is 149 Å². The van der Waals surface area contributed by atoms with Gasteiger partial charge in [0, 0.05) is 5.92 Å². The molecule has 4 rings (SSSR count). The molecule has 4 aromatic rings. The normalized spacial score (nSPS) is 13.3. The average molecular weight is 322 g/mol. The monoisotopic (exact) mass is 322 g/mol. The molecule has 0 fully saturated rings. The molecular formula is C25H22. The highest BCUT2D eigenvalue weighted by molar-refractivity contribution is 5.94. The largest absolute Gasteiger partial charge is 0.0737 e. The molecule has 0 aliphatic heterocycles. The molecule has 0 amide bonds. The Morgan fingerprint density at radius 3 is 2.00 bits per heavy atom. The number of fused-ring (bicyclic) bond motifs is 2. The number of benzene rings is 4. The zero-order valence-corrected chi connectivity index (χ0v) is 14.7. The Morgan fingerprint density at radius 2 is 1.24 bits per heavy atom. The summed E-state index contributed by atoms with van der Waals surface area (Å²) in [4.78, 5) is 0. The minimum Gasteiger partial charge on any atom is -0.0737 e. The smallest absolute Gasteiger partial charge is 0.000164 e. The highest BCUT2D eigenvalue weighted by Gasteiger charge is 2.09. The van der Waals surface area contributed by atoms with Crippen LogP contribution in [0.3, 0.4) is 0 Å². The van der Waals surface area contributed by atoms with Gasteiger partial charge in [0.1, 0.15) is 0 Å². The second-order valence-electron chi connectivity index (χ2n) is 6.73. The van der Waals surface area contributed by atoms with E-state index in [1.165, 1.54) is 38.2 Å². The first-order chi connectivity index (χ1) is 12.2. The lowest BCUT2D eigenvalue weighted by Gasteiger charge is -2.14. The van der Waals surface area contributed by atoms with Gasteiger partial charge in [-0.15, -0.1) is 0 Å². The van der Waals surface area contributed by atoms with Crippen LogP contribution in [0, 0.1) is 0 Å². The topological polar surface area (TPSA) is 0 Å². The Morgan fingerprint density at radius 1 is 0.680 bits per heavy atom. The average Bonchev–Trinajstić information content (AvgIpc) is 2.67. The number of rotatable bonds is 3. The maximum atomic E-state index is 2.39. The summed E-state index contributed by atoms with van der Waals surface area (Å²) in [6, 6.07) is 30.4. The first-order valence-electron chi connectivity index (χ1n) is 8.88. The van der Waals surface area contributed by atoms with E-state index in [1.807, 2.05) is 0 Å². The van der Waals surface area contributed by atoms with Crippen LogP contribution in [0.15, 0.2) is 91.0 Å². The maximum absolute atomic E-state index is 2.39. The van der Waals surface area contributed by atoms with Gasteiger partial charge in [-0.3, -0.25) is 0 Å². The van der Waals surface area contributed by atoms with Crippen molar-refractivity contribution in [3.05, 3.63) is 102 Å². The van der Waals surface area contributed by atoms with E-state index in [0.717, 1.165) is 0 Å². The van der Waals surface area contributed by atoms with E-state index in [2.05, 4.69) is 105 Å². The zero-order valence-electron chi connectivity index (χ0n) is 14.7. The molecule has 0 aliphatic rings.